The molecular formula is C25H21Cl2F5N2O4. The maximum atomic E-state index is 15.6. The molecule has 0 bridgehead atoms. The standard InChI is InChI=1S/C25H21Cl2F5N2O4/c1-23(2,3)10-17-24(11-33,14-8-7-12(26)9-16(14)28)18(13-5-4-6-15(27)19(13)29)20(21(35)36)34(17)25(30,31)22(37)38-32/h4-9,17-18,20H,10H2,1-3H3,(H,35,36)/t17-,18-,20-,24-/m0/s1. The number of alkyl halides is 2. The van der Waals surface area contributed by atoms with Gasteiger partial charge in [0.1, 0.15) is 23.1 Å². The van der Waals surface area contributed by atoms with E-state index >= 15 is 17.6 Å². The number of hydrogen-bond acceptors (Lipinski definition) is 5. The van der Waals surface area contributed by atoms with E-state index < -0.39 is 81.0 Å². The van der Waals surface area contributed by atoms with Crippen LogP contribution in [-0.4, -0.2) is 40.1 Å². The van der Waals surface area contributed by atoms with E-state index in [1.54, 1.807) is 26.8 Å². The van der Waals surface area contributed by atoms with Crippen molar-refractivity contribution in [2.75, 3.05) is 0 Å². The zero-order valence-corrected chi connectivity index (χ0v) is 21.6. The van der Waals surface area contributed by atoms with Gasteiger partial charge in [-0.25, -0.2) is 23.4 Å². The second kappa shape index (κ2) is 10.3. The molecule has 38 heavy (non-hydrogen) atoms. The van der Waals surface area contributed by atoms with Crippen molar-refractivity contribution in [1.82, 2.24) is 4.90 Å². The van der Waals surface area contributed by atoms with Crippen molar-refractivity contribution in [1.29, 1.82) is 5.26 Å². The highest BCUT2D eigenvalue weighted by molar-refractivity contribution is 6.31. The SMILES string of the molecule is CC(C)(C)C[C@@H]1N(C(F)(F)C(=O)OF)[C@H](C(=O)O)[C@H](c2cccc(Cl)c2F)[C@@]1(C#N)c1ccc(Cl)cc1F. The number of likely N-dealkylation sites (tertiary alicyclic amines) is 1. The molecule has 204 valence electrons. The molecule has 1 fully saturated rings. The summed E-state index contributed by atoms with van der Waals surface area (Å²) in [5, 5.41) is 20.2. The van der Waals surface area contributed by atoms with Crippen LogP contribution in [0.15, 0.2) is 36.4 Å². The van der Waals surface area contributed by atoms with Crippen molar-refractivity contribution in [3.05, 3.63) is 69.2 Å². The molecule has 4 atom stereocenters. The van der Waals surface area contributed by atoms with Gasteiger partial charge in [-0.15, -0.1) is 0 Å². The highest BCUT2D eigenvalue weighted by Gasteiger charge is 2.72. The third-order valence-corrected chi connectivity index (χ3v) is 7.07. The van der Waals surface area contributed by atoms with Crippen LogP contribution in [0.3, 0.4) is 0 Å². The molecule has 3 rings (SSSR count). The molecule has 0 amide bonds. The average molecular weight is 579 g/mol. The second-order valence-electron chi connectivity index (χ2n) is 10.1. The number of benzene rings is 2. The number of aliphatic carboxylic acids is 1. The Balaban J connectivity index is 2.58. The molecule has 6 nitrogen and oxygen atoms in total. The summed E-state index contributed by atoms with van der Waals surface area (Å²) in [6.07, 6.45) is -0.458. The molecule has 1 N–H and O–H groups in total. The maximum absolute atomic E-state index is 15.6. The summed E-state index contributed by atoms with van der Waals surface area (Å²) in [5.41, 5.74) is -4.74. The number of carbonyl (C=O) groups is 2. The second-order valence-corrected chi connectivity index (χ2v) is 10.9. The van der Waals surface area contributed by atoms with Crippen LogP contribution in [0.25, 0.3) is 0 Å². The first-order valence-corrected chi connectivity index (χ1v) is 11.8. The minimum absolute atomic E-state index is 0.131. The van der Waals surface area contributed by atoms with Gasteiger partial charge in [0.2, 0.25) is 0 Å². The van der Waals surface area contributed by atoms with Gasteiger partial charge in [0.05, 0.1) is 11.1 Å². The monoisotopic (exact) mass is 578 g/mol. The summed E-state index contributed by atoms with van der Waals surface area (Å²) in [6, 6.07) is -1.52. The molecule has 0 aromatic heterocycles. The van der Waals surface area contributed by atoms with E-state index in [0.717, 1.165) is 30.3 Å². The molecule has 1 saturated heterocycles. The Bertz CT molecular complexity index is 1310. The lowest BCUT2D eigenvalue weighted by Crippen LogP contribution is -2.58. The lowest BCUT2D eigenvalue weighted by molar-refractivity contribution is -0.245. The van der Waals surface area contributed by atoms with Crippen molar-refractivity contribution in [3.63, 3.8) is 0 Å². The van der Waals surface area contributed by atoms with Gasteiger partial charge in [-0.2, -0.15) is 14.0 Å². The molecule has 0 aliphatic carbocycles. The van der Waals surface area contributed by atoms with Crippen LogP contribution in [0.4, 0.5) is 22.1 Å². The summed E-state index contributed by atoms with van der Waals surface area (Å²) in [6.45, 7) is 4.67. The molecule has 1 aliphatic rings. The van der Waals surface area contributed by atoms with E-state index in [4.69, 9.17) is 23.2 Å². The Morgan fingerprint density at radius 1 is 1.18 bits per heavy atom. The van der Waals surface area contributed by atoms with Crippen LogP contribution < -0.4 is 0 Å². The fourth-order valence-electron chi connectivity index (χ4n) is 5.21. The lowest BCUT2D eigenvalue weighted by atomic mass is 9.62. The summed E-state index contributed by atoms with van der Waals surface area (Å²) < 4.78 is 75.0. The third-order valence-electron chi connectivity index (χ3n) is 6.54. The first kappa shape index (κ1) is 29.6. The number of carbonyl (C=O) groups excluding carboxylic acids is 1. The van der Waals surface area contributed by atoms with Gasteiger partial charge in [-0.3, -0.25) is 4.79 Å². The number of hydrogen-bond donors (Lipinski definition) is 1. The van der Waals surface area contributed by atoms with Crippen LogP contribution in [0, 0.1) is 28.4 Å². The van der Waals surface area contributed by atoms with E-state index in [2.05, 4.69) is 4.94 Å². The Morgan fingerprint density at radius 2 is 1.82 bits per heavy atom. The topological polar surface area (TPSA) is 90.6 Å². The molecule has 0 saturated carbocycles. The van der Waals surface area contributed by atoms with Crippen LogP contribution in [-0.2, 0) is 19.9 Å². The predicted octanol–water partition coefficient (Wildman–Crippen LogP) is 6.41. The molecule has 1 heterocycles. The third kappa shape index (κ3) is 4.81. The number of halogens is 7. The molecule has 0 spiro atoms. The summed E-state index contributed by atoms with van der Waals surface area (Å²) in [5.74, 6) is -9.28. The predicted molar refractivity (Wildman–Crippen MR) is 126 cm³/mol. The van der Waals surface area contributed by atoms with Crippen LogP contribution >= 0.6 is 23.2 Å². The normalized spacial score (nSPS) is 24.2. The minimum Gasteiger partial charge on any atom is -0.480 e. The van der Waals surface area contributed by atoms with E-state index in [1.807, 2.05) is 0 Å². The Morgan fingerprint density at radius 3 is 2.32 bits per heavy atom. The van der Waals surface area contributed by atoms with Gasteiger partial charge in [0.15, 0.2) is 0 Å². The Kier molecular flexibility index (Phi) is 8.04. The van der Waals surface area contributed by atoms with Crippen LogP contribution in [0.5, 0.6) is 0 Å². The zero-order valence-electron chi connectivity index (χ0n) is 20.1. The lowest BCUT2D eigenvalue weighted by Gasteiger charge is -2.40. The van der Waals surface area contributed by atoms with Gasteiger partial charge in [-0.05, 0) is 35.6 Å². The fraction of sp³-hybridized carbons (Fsp3) is 0.400. The molecule has 2 aromatic carbocycles. The largest absolute Gasteiger partial charge is 0.480 e. The van der Waals surface area contributed by atoms with E-state index in [-0.39, 0.29) is 9.92 Å². The number of nitrogens with zero attached hydrogens (tertiary/aromatic N) is 2. The minimum atomic E-state index is -4.98. The van der Waals surface area contributed by atoms with Gasteiger partial charge in [0, 0.05) is 27.1 Å². The smallest absolute Gasteiger partial charge is 0.434 e. The maximum Gasteiger partial charge on any atom is 0.434 e. The highest BCUT2D eigenvalue weighted by atomic mass is 35.5. The number of carboxylic acid groups (broad SMARTS) is 1. The molecule has 13 heteroatoms. The molecule has 0 unspecified atom stereocenters. The Hall–Kier alpha value is -2.94. The van der Waals surface area contributed by atoms with Crippen molar-refractivity contribution >= 4 is 35.1 Å². The van der Waals surface area contributed by atoms with E-state index in [1.165, 1.54) is 6.07 Å². The molecule has 2 aromatic rings. The Labute approximate surface area is 224 Å². The molecular weight excluding hydrogens is 558 g/mol. The van der Waals surface area contributed by atoms with Crippen molar-refractivity contribution in [2.24, 2.45) is 5.41 Å². The fourth-order valence-corrected chi connectivity index (χ4v) is 5.55. The van der Waals surface area contributed by atoms with E-state index in [0.29, 0.717) is 0 Å². The quantitative estimate of drug-likeness (QED) is 0.314. The van der Waals surface area contributed by atoms with Crippen molar-refractivity contribution < 1.29 is 41.7 Å². The highest BCUT2D eigenvalue weighted by Crippen LogP contribution is 2.58. The van der Waals surface area contributed by atoms with Crippen molar-refractivity contribution in [3.8, 4) is 6.07 Å². The van der Waals surface area contributed by atoms with Crippen LogP contribution in [0.2, 0.25) is 10.0 Å². The summed E-state index contributed by atoms with van der Waals surface area (Å²) in [4.78, 5) is 27.2. The number of nitriles is 1. The zero-order chi connectivity index (χ0) is 28.8. The van der Waals surface area contributed by atoms with Crippen LogP contribution in [0.1, 0.15) is 44.2 Å². The summed E-state index contributed by atoms with van der Waals surface area (Å²) in [7, 11) is 0. The molecule has 0 radical (unpaired) electrons. The first-order chi connectivity index (χ1) is 17.5. The average Bonchev–Trinajstić information content (AvgIpc) is 3.10. The van der Waals surface area contributed by atoms with Gasteiger partial charge >= 0.3 is 18.0 Å². The van der Waals surface area contributed by atoms with Gasteiger partial charge < -0.3 is 5.11 Å². The number of carboxylic acids is 1. The molecule has 1 aliphatic heterocycles. The number of rotatable bonds is 6. The van der Waals surface area contributed by atoms with Crippen molar-refractivity contribution in [2.45, 2.75) is 56.7 Å². The summed E-state index contributed by atoms with van der Waals surface area (Å²) >= 11 is 11.8. The first-order valence-electron chi connectivity index (χ1n) is 11.1. The van der Waals surface area contributed by atoms with Gasteiger partial charge in [-0.1, -0.05) is 62.2 Å². The van der Waals surface area contributed by atoms with E-state index in [9.17, 15) is 24.5 Å². The van der Waals surface area contributed by atoms with Gasteiger partial charge in [0.25, 0.3) is 0 Å².